The van der Waals surface area contributed by atoms with Gasteiger partial charge in [-0.1, -0.05) is 42.1 Å². The number of thioether (sulfide) groups is 1. The zero-order valence-electron chi connectivity index (χ0n) is 15.0. The monoisotopic (exact) mass is 411 g/mol. The molecule has 0 atom stereocenters. The quantitative estimate of drug-likeness (QED) is 0.385. The first-order valence-electron chi connectivity index (χ1n) is 8.68. The minimum atomic E-state index is -1.02. The van der Waals surface area contributed by atoms with Gasteiger partial charge >= 0.3 is 0 Å². The van der Waals surface area contributed by atoms with Crippen LogP contribution in [0, 0.1) is 11.6 Å². The van der Waals surface area contributed by atoms with Crippen LogP contribution < -0.4 is 5.32 Å². The average molecular weight is 411 g/mol. The third kappa shape index (κ3) is 4.40. The van der Waals surface area contributed by atoms with Crippen LogP contribution in [0.1, 0.15) is 5.56 Å². The Morgan fingerprint density at radius 2 is 1.90 bits per heavy atom. The fourth-order valence-corrected chi connectivity index (χ4v) is 3.52. The number of nitrogens with zero attached hydrogens (tertiary/aromatic N) is 4. The van der Waals surface area contributed by atoms with Crippen LogP contribution in [0.2, 0.25) is 0 Å². The molecule has 0 aliphatic heterocycles. The van der Waals surface area contributed by atoms with Crippen LogP contribution in [0.15, 0.2) is 66.1 Å². The third-order valence-corrected chi connectivity index (χ3v) is 5.12. The first-order valence-corrected chi connectivity index (χ1v) is 9.67. The number of hydrogen-bond donors (Lipinski definition) is 1. The van der Waals surface area contributed by atoms with Gasteiger partial charge in [-0.05, 0) is 17.7 Å². The number of fused-ring (bicyclic) bond motifs is 1. The van der Waals surface area contributed by atoms with Crippen molar-refractivity contribution in [2.45, 2.75) is 11.6 Å². The van der Waals surface area contributed by atoms with Crippen molar-refractivity contribution in [3.8, 4) is 0 Å². The number of anilines is 1. The van der Waals surface area contributed by atoms with Gasteiger partial charge in [0.2, 0.25) is 5.91 Å². The summed E-state index contributed by atoms with van der Waals surface area (Å²) in [6.45, 7) is 0.572. The Kier molecular flexibility index (Phi) is 5.48. The second kappa shape index (κ2) is 8.36. The molecule has 146 valence electrons. The number of halogens is 2. The second-order valence-electron chi connectivity index (χ2n) is 6.17. The first-order chi connectivity index (χ1) is 14.1. The lowest BCUT2D eigenvalue weighted by atomic mass is 10.2. The summed E-state index contributed by atoms with van der Waals surface area (Å²) < 4.78 is 28.0. The van der Waals surface area contributed by atoms with Gasteiger partial charge < -0.3 is 5.32 Å². The summed E-state index contributed by atoms with van der Waals surface area (Å²) in [6, 6.07) is 13.1. The number of carbonyl (C=O) groups is 1. The van der Waals surface area contributed by atoms with Gasteiger partial charge in [-0.2, -0.15) is 5.10 Å². The van der Waals surface area contributed by atoms with E-state index in [2.05, 4.69) is 20.4 Å². The molecule has 0 radical (unpaired) electrons. The molecule has 0 unspecified atom stereocenters. The summed E-state index contributed by atoms with van der Waals surface area (Å²) >= 11 is 1.22. The molecule has 2 heterocycles. The van der Waals surface area contributed by atoms with Crippen molar-refractivity contribution in [1.29, 1.82) is 0 Å². The Morgan fingerprint density at radius 3 is 2.69 bits per heavy atom. The summed E-state index contributed by atoms with van der Waals surface area (Å²) in [7, 11) is 0. The summed E-state index contributed by atoms with van der Waals surface area (Å²) in [6.07, 6.45) is 3.11. The molecule has 9 heteroatoms. The maximum atomic E-state index is 13.3. The van der Waals surface area contributed by atoms with Crippen LogP contribution in [0.25, 0.3) is 11.0 Å². The molecule has 0 fully saturated rings. The van der Waals surface area contributed by atoms with Crippen LogP contribution in [0.4, 0.5) is 14.5 Å². The number of rotatable bonds is 6. The van der Waals surface area contributed by atoms with E-state index in [0.717, 1.165) is 23.1 Å². The van der Waals surface area contributed by atoms with E-state index < -0.39 is 11.6 Å². The van der Waals surface area contributed by atoms with E-state index in [0.29, 0.717) is 17.2 Å². The molecular weight excluding hydrogens is 396 g/mol. The minimum Gasteiger partial charge on any atom is -0.325 e. The fourth-order valence-electron chi connectivity index (χ4n) is 2.76. The Bertz CT molecular complexity index is 1170. The van der Waals surface area contributed by atoms with E-state index in [-0.39, 0.29) is 17.3 Å². The highest BCUT2D eigenvalue weighted by Gasteiger charge is 2.13. The number of aromatic nitrogens is 4. The largest absolute Gasteiger partial charge is 0.325 e. The maximum absolute atomic E-state index is 13.3. The Hall–Kier alpha value is -3.33. The maximum Gasteiger partial charge on any atom is 0.234 e. The number of carbonyl (C=O) groups excluding carboxylic acids is 1. The zero-order valence-corrected chi connectivity index (χ0v) is 15.9. The van der Waals surface area contributed by atoms with Crippen molar-refractivity contribution in [3.05, 3.63) is 78.3 Å². The number of hydrogen-bond acceptors (Lipinski definition) is 5. The van der Waals surface area contributed by atoms with E-state index >= 15 is 0 Å². The molecule has 2 aromatic carbocycles. The van der Waals surface area contributed by atoms with E-state index in [1.807, 2.05) is 30.3 Å². The Balaban J connectivity index is 1.45. The summed E-state index contributed by atoms with van der Waals surface area (Å²) in [4.78, 5) is 20.7. The second-order valence-corrected chi connectivity index (χ2v) is 7.13. The summed E-state index contributed by atoms with van der Waals surface area (Å²) in [5.41, 5.74) is 1.96. The topological polar surface area (TPSA) is 72.7 Å². The lowest BCUT2D eigenvalue weighted by Crippen LogP contribution is -2.14. The Labute approximate surface area is 169 Å². The van der Waals surface area contributed by atoms with E-state index in [4.69, 9.17) is 0 Å². The predicted molar refractivity (Wildman–Crippen MR) is 107 cm³/mol. The molecule has 0 bridgehead atoms. The number of benzene rings is 2. The first kappa shape index (κ1) is 19.0. The van der Waals surface area contributed by atoms with Crippen LogP contribution in [-0.4, -0.2) is 31.4 Å². The highest BCUT2D eigenvalue weighted by atomic mass is 32.2. The van der Waals surface area contributed by atoms with Gasteiger partial charge in [0.25, 0.3) is 0 Å². The van der Waals surface area contributed by atoms with Gasteiger partial charge in [0, 0.05) is 11.8 Å². The molecule has 0 aliphatic rings. The van der Waals surface area contributed by atoms with Crippen molar-refractivity contribution in [3.63, 3.8) is 0 Å². The Morgan fingerprint density at radius 1 is 1.07 bits per heavy atom. The van der Waals surface area contributed by atoms with Crippen molar-refractivity contribution in [1.82, 2.24) is 19.7 Å². The van der Waals surface area contributed by atoms with Crippen molar-refractivity contribution < 1.29 is 13.6 Å². The standard InChI is InChI=1S/C20H15F2N5OS/c21-16-7-6-14(8-17(16)22)26-18(28)11-29-20-15-9-25-27(19(15)23-12-24-20)10-13-4-2-1-3-5-13/h1-9,12H,10-11H2,(H,26,28). The zero-order chi connectivity index (χ0) is 20.2. The molecule has 0 spiro atoms. The highest BCUT2D eigenvalue weighted by molar-refractivity contribution is 8.00. The molecule has 6 nitrogen and oxygen atoms in total. The van der Waals surface area contributed by atoms with E-state index in [9.17, 15) is 13.6 Å². The van der Waals surface area contributed by atoms with E-state index in [1.165, 1.54) is 24.2 Å². The summed E-state index contributed by atoms with van der Waals surface area (Å²) in [5.74, 6) is -2.29. The van der Waals surface area contributed by atoms with Crippen LogP contribution in [-0.2, 0) is 11.3 Å². The molecule has 0 saturated carbocycles. The number of amides is 1. The van der Waals surface area contributed by atoms with Crippen molar-refractivity contribution >= 4 is 34.4 Å². The molecule has 2 aromatic heterocycles. The van der Waals surface area contributed by atoms with Crippen molar-refractivity contribution in [2.75, 3.05) is 11.1 Å². The molecular formula is C20H15F2N5OS. The summed E-state index contributed by atoms with van der Waals surface area (Å²) in [5, 5.41) is 8.29. The fraction of sp³-hybridized carbons (Fsp3) is 0.100. The highest BCUT2D eigenvalue weighted by Crippen LogP contribution is 2.25. The van der Waals surface area contributed by atoms with Gasteiger partial charge in [0.05, 0.1) is 23.9 Å². The molecule has 0 aliphatic carbocycles. The van der Waals surface area contributed by atoms with Gasteiger partial charge in [0.1, 0.15) is 11.4 Å². The van der Waals surface area contributed by atoms with Gasteiger partial charge in [-0.3, -0.25) is 4.79 Å². The normalized spacial score (nSPS) is 11.0. The smallest absolute Gasteiger partial charge is 0.234 e. The van der Waals surface area contributed by atoms with Crippen LogP contribution in [0.5, 0.6) is 0 Å². The molecule has 29 heavy (non-hydrogen) atoms. The molecule has 4 aromatic rings. The van der Waals surface area contributed by atoms with Gasteiger partial charge in [-0.15, -0.1) is 0 Å². The predicted octanol–water partition coefficient (Wildman–Crippen LogP) is 3.88. The minimum absolute atomic E-state index is 0.0506. The van der Waals surface area contributed by atoms with Gasteiger partial charge in [-0.25, -0.2) is 23.4 Å². The van der Waals surface area contributed by atoms with Crippen molar-refractivity contribution in [2.24, 2.45) is 0 Å². The molecule has 0 saturated heterocycles. The molecule has 4 rings (SSSR count). The SMILES string of the molecule is O=C(CSc1ncnc2c1cnn2Cc1ccccc1)Nc1ccc(F)c(F)c1. The van der Waals surface area contributed by atoms with Crippen LogP contribution >= 0.6 is 11.8 Å². The van der Waals surface area contributed by atoms with E-state index in [1.54, 1.807) is 10.9 Å². The lowest BCUT2D eigenvalue weighted by molar-refractivity contribution is -0.113. The number of nitrogens with one attached hydrogen (secondary N) is 1. The molecule has 1 N–H and O–H groups in total. The average Bonchev–Trinajstić information content (AvgIpc) is 3.13. The molecule has 1 amide bonds. The van der Waals surface area contributed by atoms with Gasteiger partial charge in [0.15, 0.2) is 17.3 Å². The van der Waals surface area contributed by atoms with Crippen LogP contribution in [0.3, 0.4) is 0 Å². The third-order valence-electron chi connectivity index (χ3n) is 4.12. The lowest BCUT2D eigenvalue weighted by Gasteiger charge is -2.06.